The van der Waals surface area contributed by atoms with E-state index in [-0.39, 0.29) is 23.4 Å². The maximum Gasteiger partial charge on any atom is 0.426 e. The Morgan fingerprint density at radius 3 is 2.56 bits per heavy atom. The van der Waals surface area contributed by atoms with E-state index >= 15 is 0 Å². The standard InChI is InChI=1S/C17H23BrN6O3/c1-9(2)10-7-20-13(18)6-11(10)26-12-8-21-15(19)22-14(12)23-24-16(25)27-17(3,4)5/h6-9H,1-5H3,(H,24,25)(H3,19,21,22,23). The number of hydrogen-bond donors (Lipinski definition) is 3. The van der Waals surface area contributed by atoms with Gasteiger partial charge in [0, 0.05) is 17.8 Å². The van der Waals surface area contributed by atoms with Crippen LogP contribution in [0.15, 0.2) is 23.1 Å². The van der Waals surface area contributed by atoms with E-state index in [0.717, 1.165) is 5.56 Å². The summed E-state index contributed by atoms with van der Waals surface area (Å²) in [6.07, 6.45) is 2.48. The lowest BCUT2D eigenvalue weighted by molar-refractivity contribution is 0.0541. The molecule has 9 nitrogen and oxygen atoms in total. The number of ether oxygens (including phenoxy) is 2. The average molecular weight is 439 g/mol. The Balaban J connectivity index is 2.24. The van der Waals surface area contributed by atoms with Crippen molar-refractivity contribution in [3.63, 3.8) is 0 Å². The number of nitrogen functional groups attached to an aromatic ring is 1. The zero-order valence-electron chi connectivity index (χ0n) is 15.8. The van der Waals surface area contributed by atoms with Crippen LogP contribution < -0.4 is 21.3 Å². The minimum Gasteiger partial charge on any atom is -0.451 e. The number of nitrogens with one attached hydrogen (secondary N) is 2. The van der Waals surface area contributed by atoms with Crippen molar-refractivity contribution in [2.45, 2.75) is 46.1 Å². The second-order valence-electron chi connectivity index (χ2n) is 6.99. The molecule has 0 spiro atoms. The lowest BCUT2D eigenvalue weighted by Gasteiger charge is -2.20. The summed E-state index contributed by atoms with van der Waals surface area (Å²) in [5.41, 5.74) is 11.0. The van der Waals surface area contributed by atoms with Gasteiger partial charge in [0.05, 0.1) is 6.20 Å². The summed E-state index contributed by atoms with van der Waals surface area (Å²) in [4.78, 5) is 24.1. The van der Waals surface area contributed by atoms with E-state index in [1.165, 1.54) is 6.20 Å². The van der Waals surface area contributed by atoms with E-state index in [0.29, 0.717) is 10.4 Å². The quantitative estimate of drug-likeness (QED) is 0.472. The number of anilines is 2. The van der Waals surface area contributed by atoms with Crippen molar-refractivity contribution in [1.29, 1.82) is 0 Å². The van der Waals surface area contributed by atoms with Crippen LogP contribution >= 0.6 is 15.9 Å². The Hall–Kier alpha value is -2.62. The van der Waals surface area contributed by atoms with Gasteiger partial charge in [-0.1, -0.05) is 13.8 Å². The fraction of sp³-hybridized carbons (Fsp3) is 0.412. The SMILES string of the molecule is CC(C)c1cnc(Br)cc1Oc1cnc(N)nc1NNC(=O)OC(C)(C)C. The fourth-order valence-electron chi connectivity index (χ4n) is 2.03. The van der Waals surface area contributed by atoms with Crippen LogP contribution in [0.4, 0.5) is 16.6 Å². The van der Waals surface area contributed by atoms with Gasteiger partial charge in [-0.3, -0.25) is 5.43 Å². The van der Waals surface area contributed by atoms with Crippen LogP contribution in [0.1, 0.15) is 46.1 Å². The lowest BCUT2D eigenvalue weighted by Crippen LogP contribution is -2.36. The molecule has 0 fully saturated rings. The number of amides is 1. The van der Waals surface area contributed by atoms with Crippen molar-refractivity contribution in [2.24, 2.45) is 0 Å². The summed E-state index contributed by atoms with van der Waals surface area (Å²) in [5, 5.41) is 0. The normalized spacial score (nSPS) is 11.2. The zero-order valence-corrected chi connectivity index (χ0v) is 17.4. The third-order valence-electron chi connectivity index (χ3n) is 3.16. The smallest absolute Gasteiger partial charge is 0.426 e. The molecule has 2 aromatic heterocycles. The molecule has 146 valence electrons. The molecule has 0 radical (unpaired) electrons. The molecular formula is C17H23BrN6O3. The average Bonchev–Trinajstić information content (AvgIpc) is 2.53. The Kier molecular flexibility index (Phi) is 6.42. The van der Waals surface area contributed by atoms with Crippen molar-refractivity contribution in [3.05, 3.63) is 28.6 Å². The Bertz CT molecular complexity index is 823. The van der Waals surface area contributed by atoms with Gasteiger partial charge in [-0.25, -0.2) is 20.2 Å². The number of hydrogen-bond acceptors (Lipinski definition) is 8. The van der Waals surface area contributed by atoms with Gasteiger partial charge in [0.15, 0.2) is 11.6 Å². The third kappa shape index (κ3) is 6.24. The highest BCUT2D eigenvalue weighted by atomic mass is 79.9. The summed E-state index contributed by atoms with van der Waals surface area (Å²) in [5.74, 6) is 1.26. The van der Waals surface area contributed by atoms with Gasteiger partial charge >= 0.3 is 6.09 Å². The van der Waals surface area contributed by atoms with Gasteiger partial charge in [0.1, 0.15) is 16.0 Å². The molecule has 0 aromatic carbocycles. The highest BCUT2D eigenvalue weighted by Gasteiger charge is 2.18. The maximum atomic E-state index is 11.8. The van der Waals surface area contributed by atoms with Crippen molar-refractivity contribution < 1.29 is 14.3 Å². The second-order valence-corrected chi connectivity index (χ2v) is 7.81. The third-order valence-corrected chi connectivity index (χ3v) is 3.59. The molecule has 0 saturated carbocycles. The van der Waals surface area contributed by atoms with Crippen LogP contribution in [0, 0.1) is 0 Å². The number of nitrogens with two attached hydrogens (primary N) is 1. The summed E-state index contributed by atoms with van der Waals surface area (Å²) < 4.78 is 11.8. The largest absolute Gasteiger partial charge is 0.451 e. The molecule has 0 bridgehead atoms. The molecule has 0 unspecified atom stereocenters. The molecule has 0 saturated heterocycles. The summed E-state index contributed by atoms with van der Waals surface area (Å²) in [6.45, 7) is 9.34. The zero-order chi connectivity index (χ0) is 20.2. The molecular weight excluding hydrogens is 416 g/mol. The van der Waals surface area contributed by atoms with E-state index < -0.39 is 11.7 Å². The first-order valence-electron chi connectivity index (χ1n) is 8.26. The van der Waals surface area contributed by atoms with Crippen LogP contribution in [0.25, 0.3) is 0 Å². The Labute approximate surface area is 166 Å². The van der Waals surface area contributed by atoms with Gasteiger partial charge in [-0.15, -0.1) is 0 Å². The number of halogens is 1. The molecule has 1 amide bonds. The van der Waals surface area contributed by atoms with Crippen LogP contribution in [-0.4, -0.2) is 26.6 Å². The number of nitrogens with zero attached hydrogens (tertiary/aromatic N) is 3. The van der Waals surface area contributed by atoms with Crippen molar-refractivity contribution in [2.75, 3.05) is 11.2 Å². The summed E-state index contributed by atoms with van der Waals surface area (Å²) >= 11 is 3.34. The van der Waals surface area contributed by atoms with Crippen molar-refractivity contribution in [3.8, 4) is 11.5 Å². The minimum absolute atomic E-state index is 0.0239. The first-order valence-corrected chi connectivity index (χ1v) is 9.05. The first-order chi connectivity index (χ1) is 12.5. The van der Waals surface area contributed by atoms with E-state index in [4.69, 9.17) is 15.2 Å². The molecule has 10 heteroatoms. The van der Waals surface area contributed by atoms with E-state index in [1.54, 1.807) is 33.0 Å². The van der Waals surface area contributed by atoms with Crippen LogP contribution in [0.3, 0.4) is 0 Å². The maximum absolute atomic E-state index is 11.8. The predicted octanol–water partition coefficient (Wildman–Crippen LogP) is 3.98. The highest BCUT2D eigenvalue weighted by Crippen LogP contribution is 2.34. The minimum atomic E-state index is -0.667. The van der Waals surface area contributed by atoms with E-state index in [1.807, 2.05) is 13.8 Å². The molecule has 2 heterocycles. The number of aromatic nitrogens is 3. The molecule has 2 aromatic rings. The number of carbonyl (C=O) groups is 1. The van der Waals surface area contributed by atoms with Crippen LogP contribution in [0.2, 0.25) is 0 Å². The molecule has 0 aliphatic carbocycles. The topological polar surface area (TPSA) is 124 Å². The molecule has 0 aliphatic heterocycles. The molecule has 4 N–H and O–H groups in total. The van der Waals surface area contributed by atoms with Crippen LogP contribution in [-0.2, 0) is 4.74 Å². The lowest BCUT2D eigenvalue weighted by atomic mass is 10.1. The molecule has 27 heavy (non-hydrogen) atoms. The van der Waals surface area contributed by atoms with Crippen LogP contribution in [0.5, 0.6) is 11.5 Å². The molecule has 0 atom stereocenters. The van der Waals surface area contributed by atoms with E-state index in [2.05, 4.69) is 41.7 Å². The second kappa shape index (κ2) is 8.38. The monoisotopic (exact) mass is 438 g/mol. The molecule has 0 aliphatic rings. The van der Waals surface area contributed by atoms with Crippen molar-refractivity contribution >= 4 is 33.8 Å². The number of rotatable bonds is 5. The molecule has 2 rings (SSSR count). The number of hydrazine groups is 1. The summed E-state index contributed by atoms with van der Waals surface area (Å²) in [6, 6.07) is 1.75. The van der Waals surface area contributed by atoms with Crippen molar-refractivity contribution in [1.82, 2.24) is 20.4 Å². The van der Waals surface area contributed by atoms with Gasteiger partial charge in [-0.2, -0.15) is 4.98 Å². The Morgan fingerprint density at radius 2 is 1.93 bits per heavy atom. The Morgan fingerprint density at radius 1 is 1.22 bits per heavy atom. The fourth-order valence-corrected chi connectivity index (χ4v) is 2.34. The predicted molar refractivity (Wildman–Crippen MR) is 106 cm³/mol. The van der Waals surface area contributed by atoms with Gasteiger partial charge in [0.25, 0.3) is 0 Å². The van der Waals surface area contributed by atoms with Gasteiger partial charge < -0.3 is 15.2 Å². The highest BCUT2D eigenvalue weighted by molar-refractivity contribution is 9.10. The number of pyridine rings is 1. The van der Waals surface area contributed by atoms with E-state index in [9.17, 15) is 4.79 Å². The van der Waals surface area contributed by atoms with Gasteiger partial charge in [-0.05, 0) is 42.6 Å². The first kappa shape index (κ1) is 20.7. The van der Waals surface area contributed by atoms with Gasteiger partial charge in [0.2, 0.25) is 5.95 Å². The summed E-state index contributed by atoms with van der Waals surface area (Å²) in [7, 11) is 0. The number of carbonyl (C=O) groups excluding carboxylic acids is 1.